The van der Waals surface area contributed by atoms with Crippen LogP contribution in [0.4, 0.5) is 0 Å². The van der Waals surface area contributed by atoms with Crippen molar-refractivity contribution in [3.05, 3.63) is 22.4 Å². The molecular weight excluding hydrogens is 186 g/mol. The van der Waals surface area contributed by atoms with Crippen molar-refractivity contribution >= 4 is 17.3 Å². The second kappa shape index (κ2) is 3.47. The van der Waals surface area contributed by atoms with Gasteiger partial charge in [0.25, 0.3) is 0 Å². The molecule has 1 atom stereocenters. The van der Waals surface area contributed by atoms with Crippen LogP contribution in [-0.2, 0) is 11.3 Å². The van der Waals surface area contributed by atoms with Crippen LogP contribution in [0, 0.1) is 0 Å². The quantitative estimate of drug-likeness (QED) is 0.796. The van der Waals surface area contributed by atoms with Crippen molar-refractivity contribution in [3.8, 4) is 0 Å². The first kappa shape index (κ1) is 8.72. The van der Waals surface area contributed by atoms with Gasteiger partial charge in [0.2, 0.25) is 0 Å². The topological polar surface area (TPSA) is 40.5 Å². The van der Waals surface area contributed by atoms with Crippen molar-refractivity contribution in [1.82, 2.24) is 4.90 Å². The third-order valence-corrected chi connectivity index (χ3v) is 3.22. The van der Waals surface area contributed by atoms with Gasteiger partial charge in [-0.1, -0.05) is 6.07 Å². The Bertz CT molecular complexity index is 297. The highest BCUT2D eigenvalue weighted by Gasteiger charge is 2.33. The summed E-state index contributed by atoms with van der Waals surface area (Å²) in [6.45, 7) is 1.70. The number of carboxylic acid groups (broad SMARTS) is 1. The zero-order chi connectivity index (χ0) is 9.26. The van der Waals surface area contributed by atoms with E-state index in [9.17, 15) is 4.79 Å². The summed E-state index contributed by atoms with van der Waals surface area (Å²) in [5.74, 6) is -0.692. The molecule has 1 aromatic heterocycles. The van der Waals surface area contributed by atoms with E-state index in [2.05, 4.69) is 0 Å². The lowest BCUT2D eigenvalue weighted by molar-refractivity contribution is -0.148. The minimum Gasteiger partial charge on any atom is -0.480 e. The van der Waals surface area contributed by atoms with Gasteiger partial charge in [0.1, 0.15) is 6.04 Å². The van der Waals surface area contributed by atoms with Gasteiger partial charge in [-0.15, -0.1) is 11.3 Å². The molecule has 0 spiro atoms. The van der Waals surface area contributed by atoms with Crippen LogP contribution >= 0.6 is 11.3 Å². The van der Waals surface area contributed by atoms with Crippen molar-refractivity contribution in [2.75, 3.05) is 6.54 Å². The summed E-state index contributed by atoms with van der Waals surface area (Å²) in [7, 11) is 0. The second-order valence-corrected chi connectivity index (χ2v) is 4.22. The molecule has 0 saturated carbocycles. The molecule has 1 aromatic rings. The number of thiophene rings is 1. The van der Waals surface area contributed by atoms with Gasteiger partial charge < -0.3 is 5.11 Å². The van der Waals surface area contributed by atoms with Crippen LogP contribution in [-0.4, -0.2) is 28.6 Å². The van der Waals surface area contributed by atoms with Crippen molar-refractivity contribution < 1.29 is 9.90 Å². The fraction of sp³-hybridized carbons (Fsp3) is 0.444. The number of nitrogens with zero attached hydrogens (tertiary/aromatic N) is 1. The van der Waals surface area contributed by atoms with Crippen LogP contribution in [0.25, 0.3) is 0 Å². The predicted octanol–water partition coefficient (Wildman–Crippen LogP) is 1.41. The molecule has 1 saturated heterocycles. The summed E-state index contributed by atoms with van der Waals surface area (Å²) >= 11 is 1.68. The van der Waals surface area contributed by atoms with Gasteiger partial charge in [0.05, 0.1) is 0 Å². The standard InChI is InChI=1S/C9H11NO2S/c11-9(12)8-3-4-10(8)6-7-2-1-5-13-7/h1-2,5,8H,3-4,6H2,(H,11,12). The number of carbonyl (C=O) groups is 1. The summed E-state index contributed by atoms with van der Waals surface area (Å²) in [6.07, 6.45) is 0.792. The molecule has 0 amide bonds. The lowest BCUT2D eigenvalue weighted by Gasteiger charge is -2.37. The zero-order valence-corrected chi connectivity index (χ0v) is 7.96. The molecule has 1 N–H and O–H groups in total. The molecule has 3 nitrogen and oxygen atoms in total. The summed E-state index contributed by atoms with van der Waals surface area (Å²) in [6, 6.07) is 3.79. The lowest BCUT2D eigenvalue weighted by atomic mass is 10.0. The maximum atomic E-state index is 10.7. The first-order valence-electron chi connectivity index (χ1n) is 4.26. The van der Waals surface area contributed by atoms with Crippen molar-refractivity contribution in [2.45, 2.75) is 19.0 Å². The van der Waals surface area contributed by atoms with Crippen molar-refractivity contribution in [3.63, 3.8) is 0 Å². The molecule has 0 aromatic carbocycles. The van der Waals surface area contributed by atoms with E-state index in [4.69, 9.17) is 5.11 Å². The number of aliphatic carboxylic acids is 1. The molecule has 2 heterocycles. The Kier molecular flexibility index (Phi) is 2.33. The Hall–Kier alpha value is -0.870. The summed E-state index contributed by atoms with van der Waals surface area (Å²) in [4.78, 5) is 13.9. The highest BCUT2D eigenvalue weighted by atomic mass is 32.1. The van der Waals surface area contributed by atoms with Crippen LogP contribution < -0.4 is 0 Å². The fourth-order valence-corrected chi connectivity index (χ4v) is 2.24. The summed E-state index contributed by atoms with van der Waals surface area (Å²) in [5, 5.41) is 10.8. The maximum Gasteiger partial charge on any atom is 0.320 e. The first-order valence-corrected chi connectivity index (χ1v) is 5.14. The number of hydrogen-bond donors (Lipinski definition) is 1. The smallest absolute Gasteiger partial charge is 0.320 e. The minimum atomic E-state index is -0.692. The van der Waals surface area contributed by atoms with E-state index in [0.717, 1.165) is 19.5 Å². The van der Waals surface area contributed by atoms with Gasteiger partial charge in [-0.25, -0.2) is 0 Å². The fourth-order valence-electron chi connectivity index (χ4n) is 1.51. The summed E-state index contributed by atoms with van der Waals surface area (Å²) < 4.78 is 0. The number of rotatable bonds is 3. The molecule has 70 valence electrons. The molecular formula is C9H11NO2S. The molecule has 1 aliphatic rings. The average molecular weight is 197 g/mol. The molecule has 1 unspecified atom stereocenters. The van der Waals surface area contributed by atoms with Gasteiger partial charge >= 0.3 is 5.97 Å². The van der Waals surface area contributed by atoms with Gasteiger partial charge in [-0.3, -0.25) is 9.69 Å². The molecule has 0 bridgehead atoms. The SMILES string of the molecule is O=C(O)C1CCN1Cc1cccs1. The van der Waals surface area contributed by atoms with Crippen LogP contribution in [0.15, 0.2) is 17.5 Å². The molecule has 0 radical (unpaired) electrons. The average Bonchev–Trinajstić information content (AvgIpc) is 2.48. The van der Waals surface area contributed by atoms with E-state index >= 15 is 0 Å². The summed E-state index contributed by atoms with van der Waals surface area (Å²) in [5.41, 5.74) is 0. The van der Waals surface area contributed by atoms with Crippen LogP contribution in [0.3, 0.4) is 0 Å². The largest absolute Gasteiger partial charge is 0.480 e. The van der Waals surface area contributed by atoms with Gasteiger partial charge in [-0.05, 0) is 17.9 Å². The lowest BCUT2D eigenvalue weighted by Crippen LogP contribution is -2.51. The molecule has 13 heavy (non-hydrogen) atoms. The maximum absolute atomic E-state index is 10.7. The third-order valence-electron chi connectivity index (χ3n) is 2.35. The minimum absolute atomic E-state index is 0.248. The highest BCUT2D eigenvalue weighted by Crippen LogP contribution is 2.22. The Morgan fingerprint density at radius 2 is 2.62 bits per heavy atom. The van der Waals surface area contributed by atoms with E-state index in [-0.39, 0.29) is 6.04 Å². The number of hydrogen-bond acceptors (Lipinski definition) is 3. The molecule has 4 heteroatoms. The first-order chi connectivity index (χ1) is 6.27. The van der Waals surface area contributed by atoms with Crippen LogP contribution in [0.1, 0.15) is 11.3 Å². The van der Waals surface area contributed by atoms with E-state index in [1.807, 2.05) is 22.4 Å². The Morgan fingerprint density at radius 1 is 1.77 bits per heavy atom. The predicted molar refractivity (Wildman–Crippen MR) is 50.8 cm³/mol. The van der Waals surface area contributed by atoms with Gasteiger partial charge in [0, 0.05) is 18.0 Å². The van der Waals surface area contributed by atoms with E-state index in [0.29, 0.717) is 0 Å². The Morgan fingerprint density at radius 3 is 3.08 bits per heavy atom. The van der Waals surface area contributed by atoms with Gasteiger partial charge in [0.15, 0.2) is 0 Å². The van der Waals surface area contributed by atoms with E-state index in [1.54, 1.807) is 11.3 Å². The van der Waals surface area contributed by atoms with Crippen molar-refractivity contribution in [2.24, 2.45) is 0 Å². The van der Waals surface area contributed by atoms with Crippen LogP contribution in [0.2, 0.25) is 0 Å². The molecule has 1 aliphatic heterocycles. The highest BCUT2D eigenvalue weighted by molar-refractivity contribution is 7.09. The Labute approximate surface area is 80.6 Å². The van der Waals surface area contributed by atoms with E-state index < -0.39 is 5.97 Å². The Balaban J connectivity index is 1.93. The van der Waals surface area contributed by atoms with Crippen molar-refractivity contribution in [1.29, 1.82) is 0 Å². The normalized spacial score (nSPS) is 22.6. The molecule has 1 fully saturated rings. The molecule has 0 aliphatic carbocycles. The monoisotopic (exact) mass is 197 g/mol. The van der Waals surface area contributed by atoms with Crippen LogP contribution in [0.5, 0.6) is 0 Å². The molecule has 2 rings (SSSR count). The zero-order valence-electron chi connectivity index (χ0n) is 7.14. The van der Waals surface area contributed by atoms with E-state index in [1.165, 1.54) is 4.88 Å². The second-order valence-electron chi connectivity index (χ2n) is 3.19. The number of carboxylic acids is 1. The van der Waals surface area contributed by atoms with Gasteiger partial charge in [-0.2, -0.15) is 0 Å². The third kappa shape index (κ3) is 1.73. The number of likely N-dealkylation sites (tertiary alicyclic amines) is 1.